The fourth-order valence-electron chi connectivity index (χ4n) is 3.49. The number of carbonyl (C=O) groups is 2. The van der Waals surface area contributed by atoms with Crippen molar-refractivity contribution in [2.45, 2.75) is 0 Å². The lowest BCUT2D eigenvalue weighted by molar-refractivity contribution is -0.127. The maximum atomic E-state index is 13.2. The van der Waals surface area contributed by atoms with Gasteiger partial charge in [-0.1, -0.05) is 30.3 Å². The molecule has 0 bridgehead atoms. The van der Waals surface area contributed by atoms with Gasteiger partial charge >= 0.3 is 0 Å². The lowest BCUT2D eigenvalue weighted by Gasteiger charge is -2.29. The molecule has 0 radical (unpaired) electrons. The van der Waals surface area contributed by atoms with Gasteiger partial charge in [0.05, 0.1) is 28.9 Å². The number of thiophene rings is 1. The zero-order valence-corrected chi connectivity index (χ0v) is 15.0. The minimum atomic E-state index is -0.217. The summed E-state index contributed by atoms with van der Waals surface area (Å²) in [6.45, 7) is 0.260. The van der Waals surface area contributed by atoms with E-state index >= 15 is 0 Å². The first-order valence-corrected chi connectivity index (χ1v) is 9.43. The van der Waals surface area contributed by atoms with E-state index in [0.717, 1.165) is 15.6 Å². The molecule has 1 aliphatic heterocycles. The Morgan fingerprint density at radius 2 is 1.78 bits per heavy atom. The van der Waals surface area contributed by atoms with Gasteiger partial charge in [-0.15, -0.1) is 11.3 Å². The minimum absolute atomic E-state index is 0.0466. The quantitative estimate of drug-likeness (QED) is 0.541. The molecule has 6 heteroatoms. The molecule has 0 spiro atoms. The molecule has 5 rings (SSSR count). The minimum Gasteiger partial charge on any atom is -0.324 e. The summed E-state index contributed by atoms with van der Waals surface area (Å²) in [4.78, 5) is 39.2. The van der Waals surface area contributed by atoms with Gasteiger partial charge in [-0.3, -0.25) is 18.8 Å². The topological polar surface area (TPSA) is 58.9 Å². The Labute approximate surface area is 158 Å². The summed E-state index contributed by atoms with van der Waals surface area (Å²) >= 11 is 1.50. The number of likely N-dealkylation sites (tertiary alicyclic amines) is 1. The lowest BCUT2D eigenvalue weighted by atomic mass is 10.0. The summed E-state index contributed by atoms with van der Waals surface area (Å²) in [6.07, 6.45) is 1.72. The Kier molecular flexibility index (Phi) is 3.48. The first-order chi connectivity index (χ1) is 13.1. The molecule has 3 aromatic heterocycles. The van der Waals surface area contributed by atoms with Crippen molar-refractivity contribution in [1.82, 2.24) is 9.30 Å². The molecule has 4 aromatic rings. The summed E-state index contributed by atoms with van der Waals surface area (Å²) in [5, 5.41) is 2.93. The van der Waals surface area contributed by atoms with Gasteiger partial charge in [0, 0.05) is 11.8 Å². The predicted octanol–water partition coefficient (Wildman–Crippen LogP) is 3.21. The second kappa shape index (κ2) is 5.89. The number of aromatic nitrogens is 1. The second-order valence-corrected chi connectivity index (χ2v) is 7.50. The highest BCUT2D eigenvalue weighted by molar-refractivity contribution is 7.18. The van der Waals surface area contributed by atoms with Gasteiger partial charge in [0.1, 0.15) is 0 Å². The summed E-state index contributed by atoms with van der Waals surface area (Å²) in [5.74, 6) is -0.171. The van der Waals surface area contributed by atoms with E-state index in [0.29, 0.717) is 16.6 Å². The van der Waals surface area contributed by atoms with Gasteiger partial charge in [-0.05, 0) is 34.5 Å². The van der Waals surface area contributed by atoms with E-state index in [2.05, 4.69) is 0 Å². The Hall–Kier alpha value is -3.25. The predicted molar refractivity (Wildman–Crippen MR) is 105 cm³/mol. The maximum absolute atomic E-state index is 13.2. The first-order valence-electron chi connectivity index (χ1n) is 8.55. The average Bonchev–Trinajstić information content (AvgIpc) is 3.15. The summed E-state index contributed by atoms with van der Waals surface area (Å²) in [7, 11) is 0. The molecule has 0 N–H and O–H groups in total. The Morgan fingerprint density at radius 3 is 2.52 bits per heavy atom. The smallest absolute Gasteiger partial charge is 0.263 e. The van der Waals surface area contributed by atoms with Crippen molar-refractivity contribution in [3.8, 4) is 11.1 Å². The molecule has 132 valence electrons. The third-order valence-corrected chi connectivity index (χ3v) is 5.82. The van der Waals surface area contributed by atoms with Crippen LogP contribution in [0, 0.1) is 0 Å². The van der Waals surface area contributed by atoms with Crippen molar-refractivity contribution in [3.63, 3.8) is 0 Å². The van der Waals surface area contributed by atoms with Crippen molar-refractivity contribution >= 4 is 38.6 Å². The van der Waals surface area contributed by atoms with Crippen LogP contribution < -0.4 is 5.56 Å². The van der Waals surface area contributed by atoms with Crippen molar-refractivity contribution in [3.05, 3.63) is 76.0 Å². The lowest BCUT2D eigenvalue weighted by Crippen LogP contribution is -2.50. The van der Waals surface area contributed by atoms with Crippen LogP contribution in [0.3, 0.4) is 0 Å². The number of fused-ring (bicyclic) bond motifs is 3. The van der Waals surface area contributed by atoms with Crippen LogP contribution in [0.1, 0.15) is 10.4 Å². The van der Waals surface area contributed by atoms with Crippen LogP contribution in [0.2, 0.25) is 0 Å². The number of benzene rings is 1. The second-order valence-electron chi connectivity index (χ2n) is 6.58. The normalized spacial score (nSPS) is 13.9. The van der Waals surface area contributed by atoms with Crippen LogP contribution in [0.4, 0.5) is 0 Å². The molecule has 1 saturated heterocycles. The molecular formula is C21H14N2O3S. The zero-order valence-electron chi connectivity index (χ0n) is 14.2. The number of ketones is 1. The summed E-state index contributed by atoms with van der Waals surface area (Å²) in [5.41, 5.74) is 2.13. The van der Waals surface area contributed by atoms with E-state index in [1.807, 2.05) is 47.8 Å². The van der Waals surface area contributed by atoms with E-state index in [1.54, 1.807) is 16.7 Å². The molecule has 1 amide bonds. The summed E-state index contributed by atoms with van der Waals surface area (Å²) in [6, 6.07) is 14.9. The number of rotatable bonds is 2. The summed E-state index contributed by atoms with van der Waals surface area (Å²) < 4.78 is 2.44. The van der Waals surface area contributed by atoms with Crippen LogP contribution in [0.15, 0.2) is 64.9 Å². The molecule has 0 aliphatic carbocycles. The molecule has 0 atom stereocenters. The van der Waals surface area contributed by atoms with E-state index in [-0.39, 0.29) is 30.3 Å². The van der Waals surface area contributed by atoms with Gasteiger partial charge in [0.25, 0.3) is 11.5 Å². The number of pyridine rings is 2. The highest BCUT2D eigenvalue weighted by Crippen LogP contribution is 2.30. The highest BCUT2D eigenvalue weighted by atomic mass is 32.1. The van der Waals surface area contributed by atoms with Crippen LogP contribution in [-0.2, 0) is 4.79 Å². The maximum Gasteiger partial charge on any atom is 0.263 e. The van der Waals surface area contributed by atoms with Crippen LogP contribution in [0.25, 0.3) is 26.7 Å². The van der Waals surface area contributed by atoms with Gasteiger partial charge in [0.2, 0.25) is 0 Å². The fourth-order valence-corrected chi connectivity index (χ4v) is 4.43. The standard InChI is InChI=1S/C21H14N2O3S/c24-15-11-22(12-15)20(25)17-10-16(13-4-2-1-3-5-13)21(26)23-8-6-14-7-9-27-19(14)18(17)23/h1-10H,11-12H2. The Balaban J connectivity index is 1.85. The number of nitrogens with zero attached hydrogens (tertiary/aromatic N) is 2. The first kappa shape index (κ1) is 16.0. The third-order valence-electron chi connectivity index (χ3n) is 4.88. The van der Waals surface area contributed by atoms with Crippen molar-refractivity contribution in [1.29, 1.82) is 0 Å². The number of hydrogen-bond donors (Lipinski definition) is 0. The molecule has 27 heavy (non-hydrogen) atoms. The molecule has 5 nitrogen and oxygen atoms in total. The van der Waals surface area contributed by atoms with E-state index in [1.165, 1.54) is 16.2 Å². The molecule has 0 saturated carbocycles. The zero-order chi connectivity index (χ0) is 18.5. The number of Topliss-reactive ketones (excluding diaryl/α,β-unsaturated/α-hetero) is 1. The highest BCUT2D eigenvalue weighted by Gasteiger charge is 2.31. The van der Waals surface area contributed by atoms with Gasteiger partial charge in [-0.25, -0.2) is 0 Å². The van der Waals surface area contributed by atoms with Gasteiger partial charge in [-0.2, -0.15) is 0 Å². The monoisotopic (exact) mass is 374 g/mol. The Morgan fingerprint density at radius 1 is 1.00 bits per heavy atom. The van der Waals surface area contributed by atoms with Crippen molar-refractivity contribution in [2.24, 2.45) is 0 Å². The number of hydrogen-bond acceptors (Lipinski definition) is 4. The van der Waals surface area contributed by atoms with Crippen LogP contribution in [-0.4, -0.2) is 34.1 Å². The van der Waals surface area contributed by atoms with Crippen molar-refractivity contribution in [2.75, 3.05) is 13.1 Å². The van der Waals surface area contributed by atoms with E-state index < -0.39 is 0 Å². The number of amides is 1. The third kappa shape index (κ3) is 2.41. The van der Waals surface area contributed by atoms with Gasteiger partial charge in [0.15, 0.2) is 5.78 Å². The van der Waals surface area contributed by atoms with Crippen molar-refractivity contribution < 1.29 is 9.59 Å². The van der Waals surface area contributed by atoms with E-state index in [9.17, 15) is 14.4 Å². The van der Waals surface area contributed by atoms with Gasteiger partial charge < -0.3 is 4.90 Å². The molecular weight excluding hydrogens is 360 g/mol. The number of carbonyl (C=O) groups excluding carboxylic acids is 2. The average molecular weight is 374 g/mol. The SMILES string of the molecule is O=C1CN(C(=O)c2cc(-c3ccccc3)c(=O)n3ccc4ccsc4c23)C1. The van der Waals surface area contributed by atoms with Crippen LogP contribution in [0.5, 0.6) is 0 Å². The fraction of sp³-hybridized carbons (Fsp3) is 0.0952. The van der Waals surface area contributed by atoms with Crippen LogP contribution >= 0.6 is 11.3 Å². The largest absolute Gasteiger partial charge is 0.324 e. The molecule has 1 aliphatic rings. The molecule has 4 heterocycles. The molecule has 0 unspecified atom stereocenters. The van der Waals surface area contributed by atoms with E-state index in [4.69, 9.17) is 0 Å². The molecule has 1 fully saturated rings. The Bertz CT molecular complexity index is 1280. The molecule has 1 aromatic carbocycles.